The van der Waals surface area contributed by atoms with Crippen molar-refractivity contribution in [3.8, 4) is 17.1 Å². The van der Waals surface area contributed by atoms with E-state index in [1.807, 2.05) is 72.8 Å². The van der Waals surface area contributed by atoms with Gasteiger partial charge in [0.2, 0.25) is 5.91 Å². The summed E-state index contributed by atoms with van der Waals surface area (Å²) in [6.45, 7) is 0.908. The summed E-state index contributed by atoms with van der Waals surface area (Å²) in [7, 11) is 0. The van der Waals surface area contributed by atoms with Crippen LogP contribution in [0.3, 0.4) is 0 Å². The molecule has 4 rings (SSSR count). The molecule has 0 radical (unpaired) electrons. The molecule has 2 heterocycles. The van der Waals surface area contributed by atoms with E-state index >= 15 is 0 Å². The number of pyridine rings is 1. The molecule has 0 saturated carbocycles. The number of hydrogen-bond donors (Lipinski definition) is 1. The highest BCUT2D eigenvalue weighted by molar-refractivity contribution is 5.75. The summed E-state index contributed by atoms with van der Waals surface area (Å²) >= 11 is 0. The van der Waals surface area contributed by atoms with Gasteiger partial charge >= 0.3 is 0 Å². The second-order valence-corrected chi connectivity index (χ2v) is 7.37. The predicted octanol–water partition coefficient (Wildman–Crippen LogP) is 4.95. The first-order valence-electron chi connectivity index (χ1n) is 10.6. The SMILES string of the molecule is O=C(CCCc1ncc(-c2ccccc2)o1)NCc1ccc(OCc2ccccn2)cc1. The Bertz CT molecular complexity index is 1110. The summed E-state index contributed by atoms with van der Waals surface area (Å²) in [6.07, 6.45) is 5.21. The van der Waals surface area contributed by atoms with Crippen molar-refractivity contribution in [2.24, 2.45) is 0 Å². The number of carbonyl (C=O) groups excluding carboxylic acids is 1. The first kappa shape index (κ1) is 21.3. The lowest BCUT2D eigenvalue weighted by Gasteiger charge is -2.08. The van der Waals surface area contributed by atoms with Crippen LogP contribution in [0.2, 0.25) is 0 Å². The maximum absolute atomic E-state index is 12.2. The van der Waals surface area contributed by atoms with Gasteiger partial charge in [-0.15, -0.1) is 0 Å². The van der Waals surface area contributed by atoms with E-state index in [-0.39, 0.29) is 5.91 Å². The van der Waals surface area contributed by atoms with Crippen LogP contribution in [0.4, 0.5) is 0 Å². The van der Waals surface area contributed by atoms with Crippen LogP contribution in [-0.2, 0) is 24.4 Å². The molecule has 0 fully saturated rings. The highest BCUT2D eigenvalue weighted by Gasteiger charge is 2.08. The molecule has 0 bridgehead atoms. The van der Waals surface area contributed by atoms with Crippen molar-refractivity contribution < 1.29 is 13.9 Å². The van der Waals surface area contributed by atoms with Crippen molar-refractivity contribution in [3.63, 3.8) is 0 Å². The lowest BCUT2D eigenvalue weighted by molar-refractivity contribution is -0.121. The molecule has 6 nitrogen and oxygen atoms in total. The van der Waals surface area contributed by atoms with Crippen molar-refractivity contribution in [2.45, 2.75) is 32.4 Å². The van der Waals surface area contributed by atoms with E-state index in [0.717, 1.165) is 28.3 Å². The highest BCUT2D eigenvalue weighted by atomic mass is 16.5. The molecule has 6 heteroatoms. The Morgan fingerprint density at radius 3 is 2.53 bits per heavy atom. The summed E-state index contributed by atoms with van der Waals surface area (Å²) in [5, 5.41) is 2.95. The Balaban J connectivity index is 1.15. The molecule has 0 aliphatic rings. The fourth-order valence-electron chi connectivity index (χ4n) is 3.20. The Labute approximate surface area is 187 Å². The number of nitrogens with zero attached hydrogens (tertiary/aromatic N) is 2. The predicted molar refractivity (Wildman–Crippen MR) is 122 cm³/mol. The van der Waals surface area contributed by atoms with E-state index in [4.69, 9.17) is 9.15 Å². The summed E-state index contributed by atoms with van der Waals surface area (Å²) in [6, 6.07) is 23.3. The zero-order valence-corrected chi connectivity index (χ0v) is 17.7. The second-order valence-electron chi connectivity index (χ2n) is 7.37. The van der Waals surface area contributed by atoms with Crippen molar-refractivity contribution in [1.82, 2.24) is 15.3 Å². The zero-order valence-electron chi connectivity index (χ0n) is 17.7. The van der Waals surface area contributed by atoms with Gasteiger partial charge in [-0.05, 0) is 36.2 Å². The monoisotopic (exact) mass is 427 g/mol. The third kappa shape index (κ3) is 6.28. The minimum atomic E-state index is 0.00955. The maximum Gasteiger partial charge on any atom is 0.220 e. The summed E-state index contributed by atoms with van der Waals surface area (Å²) < 4.78 is 11.5. The van der Waals surface area contributed by atoms with Crippen LogP contribution in [0.25, 0.3) is 11.3 Å². The number of rotatable bonds is 10. The smallest absolute Gasteiger partial charge is 0.220 e. The number of carbonyl (C=O) groups is 1. The van der Waals surface area contributed by atoms with Crippen LogP contribution in [0.15, 0.2) is 89.6 Å². The van der Waals surface area contributed by atoms with Gasteiger partial charge < -0.3 is 14.5 Å². The molecule has 0 unspecified atom stereocenters. The minimum Gasteiger partial charge on any atom is -0.487 e. The highest BCUT2D eigenvalue weighted by Crippen LogP contribution is 2.20. The number of benzene rings is 2. The quantitative estimate of drug-likeness (QED) is 0.387. The largest absolute Gasteiger partial charge is 0.487 e. The molecular formula is C26H25N3O3. The number of aromatic nitrogens is 2. The van der Waals surface area contributed by atoms with Crippen molar-refractivity contribution >= 4 is 5.91 Å². The number of nitrogens with one attached hydrogen (secondary N) is 1. The molecular weight excluding hydrogens is 402 g/mol. The Morgan fingerprint density at radius 1 is 0.938 bits per heavy atom. The summed E-state index contributed by atoms with van der Waals surface area (Å²) in [5.41, 5.74) is 2.89. The number of oxazole rings is 1. The van der Waals surface area contributed by atoms with E-state index in [2.05, 4.69) is 15.3 Å². The van der Waals surface area contributed by atoms with Gasteiger partial charge in [0, 0.05) is 31.1 Å². The van der Waals surface area contributed by atoms with Crippen molar-refractivity contribution in [2.75, 3.05) is 0 Å². The fraction of sp³-hybridized carbons (Fsp3) is 0.192. The summed E-state index contributed by atoms with van der Waals surface area (Å²) in [5.74, 6) is 2.18. The van der Waals surface area contributed by atoms with Gasteiger partial charge in [-0.3, -0.25) is 9.78 Å². The van der Waals surface area contributed by atoms with Crippen LogP contribution in [0.5, 0.6) is 5.75 Å². The summed E-state index contributed by atoms with van der Waals surface area (Å²) in [4.78, 5) is 20.7. The van der Waals surface area contributed by atoms with E-state index in [1.54, 1.807) is 12.4 Å². The van der Waals surface area contributed by atoms with E-state index in [1.165, 1.54) is 0 Å². The molecule has 32 heavy (non-hydrogen) atoms. The van der Waals surface area contributed by atoms with Crippen LogP contribution < -0.4 is 10.1 Å². The fourth-order valence-corrected chi connectivity index (χ4v) is 3.20. The molecule has 0 aliphatic heterocycles. The molecule has 1 N–H and O–H groups in total. The van der Waals surface area contributed by atoms with Gasteiger partial charge in [-0.25, -0.2) is 4.98 Å². The maximum atomic E-state index is 12.2. The molecule has 0 spiro atoms. The van der Waals surface area contributed by atoms with Gasteiger partial charge in [-0.2, -0.15) is 0 Å². The van der Waals surface area contributed by atoms with Crippen LogP contribution >= 0.6 is 0 Å². The molecule has 4 aromatic rings. The molecule has 2 aromatic carbocycles. The molecule has 0 atom stereocenters. The number of amides is 1. The normalized spacial score (nSPS) is 10.6. The van der Waals surface area contributed by atoms with E-state index < -0.39 is 0 Å². The second kappa shape index (κ2) is 10.9. The molecule has 1 amide bonds. The Morgan fingerprint density at radius 2 is 1.75 bits per heavy atom. The molecule has 0 aliphatic carbocycles. The first-order chi connectivity index (χ1) is 15.8. The van der Waals surface area contributed by atoms with Crippen LogP contribution in [0.1, 0.15) is 30.0 Å². The lowest BCUT2D eigenvalue weighted by Crippen LogP contribution is -2.22. The average Bonchev–Trinajstić information content (AvgIpc) is 3.32. The molecule has 162 valence electrons. The molecule has 0 saturated heterocycles. The van der Waals surface area contributed by atoms with Gasteiger partial charge in [0.1, 0.15) is 12.4 Å². The minimum absolute atomic E-state index is 0.00955. The van der Waals surface area contributed by atoms with Crippen molar-refractivity contribution in [1.29, 1.82) is 0 Å². The third-order valence-corrected chi connectivity index (χ3v) is 4.93. The number of aryl methyl sites for hydroxylation is 1. The number of hydrogen-bond acceptors (Lipinski definition) is 5. The van der Waals surface area contributed by atoms with Gasteiger partial charge in [0.15, 0.2) is 11.7 Å². The Hall–Kier alpha value is -3.93. The molecule has 2 aromatic heterocycles. The zero-order chi connectivity index (χ0) is 22.0. The topological polar surface area (TPSA) is 77.2 Å². The van der Waals surface area contributed by atoms with E-state index in [9.17, 15) is 4.79 Å². The van der Waals surface area contributed by atoms with Crippen molar-refractivity contribution in [3.05, 3.63) is 102 Å². The first-order valence-corrected chi connectivity index (χ1v) is 10.6. The van der Waals surface area contributed by atoms with Crippen LogP contribution in [-0.4, -0.2) is 15.9 Å². The van der Waals surface area contributed by atoms with Gasteiger partial charge in [-0.1, -0.05) is 48.5 Å². The number of ether oxygens (including phenoxy) is 1. The van der Waals surface area contributed by atoms with E-state index in [0.29, 0.717) is 38.3 Å². The van der Waals surface area contributed by atoms with Crippen LogP contribution in [0, 0.1) is 0 Å². The standard InChI is InChI=1S/C26H25N3O3/c30-25(10-6-11-26-29-18-24(32-26)21-7-2-1-3-8-21)28-17-20-12-14-23(15-13-20)31-19-22-9-4-5-16-27-22/h1-5,7-9,12-16,18H,6,10-11,17,19H2,(H,28,30). The lowest BCUT2D eigenvalue weighted by atomic mass is 10.2. The van der Waals surface area contributed by atoms with Gasteiger partial charge in [0.05, 0.1) is 11.9 Å². The third-order valence-electron chi connectivity index (χ3n) is 4.93. The van der Waals surface area contributed by atoms with Gasteiger partial charge in [0.25, 0.3) is 0 Å². The Kier molecular flexibility index (Phi) is 7.26. The average molecular weight is 428 g/mol.